The van der Waals surface area contributed by atoms with Crippen molar-refractivity contribution in [3.8, 4) is 0 Å². The Hall–Kier alpha value is -2.10. The predicted molar refractivity (Wildman–Crippen MR) is 69.9 cm³/mol. The van der Waals surface area contributed by atoms with E-state index >= 15 is 0 Å². The van der Waals surface area contributed by atoms with E-state index in [4.69, 9.17) is 0 Å². The second kappa shape index (κ2) is 4.29. The molecule has 1 N–H and O–H groups in total. The summed E-state index contributed by atoms with van der Waals surface area (Å²) in [6.45, 7) is 3.44. The molecule has 92 valence electrons. The Kier molecular flexibility index (Phi) is 2.63. The molecule has 1 aromatic carbocycles. The highest BCUT2D eigenvalue weighted by atomic mass is 16.1. The molecule has 1 unspecified atom stereocenters. The molecule has 1 aromatic heterocycles. The number of hydrogen-bond acceptors (Lipinski definition) is 3. The van der Waals surface area contributed by atoms with Crippen molar-refractivity contribution >= 4 is 11.5 Å². The van der Waals surface area contributed by atoms with Crippen LogP contribution in [0, 0.1) is 0 Å². The van der Waals surface area contributed by atoms with Crippen molar-refractivity contribution in [1.29, 1.82) is 0 Å². The van der Waals surface area contributed by atoms with Gasteiger partial charge in [0.2, 0.25) is 5.78 Å². The summed E-state index contributed by atoms with van der Waals surface area (Å²) in [5, 5.41) is 3.27. The van der Waals surface area contributed by atoms with Crippen LogP contribution in [-0.4, -0.2) is 21.9 Å². The summed E-state index contributed by atoms with van der Waals surface area (Å²) in [6, 6.07) is 7.97. The molecule has 18 heavy (non-hydrogen) atoms. The van der Waals surface area contributed by atoms with Crippen molar-refractivity contribution in [3.63, 3.8) is 0 Å². The number of nitrogens with zero attached hydrogens (tertiary/aromatic N) is 2. The molecule has 1 atom stereocenters. The Morgan fingerprint density at radius 1 is 1.50 bits per heavy atom. The largest absolute Gasteiger partial charge is 0.384 e. The van der Waals surface area contributed by atoms with E-state index in [9.17, 15) is 4.79 Å². The van der Waals surface area contributed by atoms with E-state index in [2.05, 4.69) is 10.3 Å². The molecule has 4 heteroatoms. The van der Waals surface area contributed by atoms with Gasteiger partial charge in [-0.2, -0.15) is 0 Å². The molecule has 0 saturated heterocycles. The zero-order valence-corrected chi connectivity index (χ0v) is 10.3. The molecular weight excluding hydrogens is 226 g/mol. The lowest BCUT2D eigenvalue weighted by Crippen LogP contribution is -2.19. The molecular formula is C14H15N3O. The standard InChI is InChI=1S/C14H15N3O/c1-2-17-8-7-15-14(17)13(18)11-9-16-12-6-4-3-5-10(11)12/h3-8,11,16H,2,9H2,1H3. The van der Waals surface area contributed by atoms with Crippen molar-refractivity contribution < 1.29 is 4.79 Å². The van der Waals surface area contributed by atoms with Gasteiger partial charge in [0.05, 0.1) is 5.92 Å². The Morgan fingerprint density at radius 2 is 2.33 bits per heavy atom. The Balaban J connectivity index is 1.96. The number of Topliss-reactive ketones (excluding diaryl/α,β-unsaturated/α-hetero) is 1. The minimum absolute atomic E-state index is 0.0966. The number of ketones is 1. The molecule has 3 rings (SSSR count). The summed E-state index contributed by atoms with van der Waals surface area (Å²) in [7, 11) is 0. The predicted octanol–water partition coefficient (Wildman–Crippen LogP) is 2.29. The molecule has 0 radical (unpaired) electrons. The molecule has 0 amide bonds. The topological polar surface area (TPSA) is 46.9 Å². The number of carbonyl (C=O) groups is 1. The maximum Gasteiger partial charge on any atom is 0.207 e. The van der Waals surface area contributed by atoms with Gasteiger partial charge in [0, 0.05) is 31.2 Å². The normalized spacial score (nSPS) is 17.3. The van der Waals surface area contributed by atoms with Gasteiger partial charge in [-0.3, -0.25) is 4.79 Å². The summed E-state index contributed by atoms with van der Waals surface area (Å²) in [4.78, 5) is 16.7. The first-order valence-corrected chi connectivity index (χ1v) is 6.19. The molecule has 1 aliphatic heterocycles. The second-order valence-electron chi connectivity index (χ2n) is 4.42. The summed E-state index contributed by atoms with van der Waals surface area (Å²) in [5.41, 5.74) is 2.14. The van der Waals surface area contributed by atoms with Crippen molar-refractivity contribution in [3.05, 3.63) is 48.0 Å². The summed E-state index contributed by atoms with van der Waals surface area (Å²) < 4.78 is 1.89. The van der Waals surface area contributed by atoms with Gasteiger partial charge in [0.15, 0.2) is 5.82 Å². The maximum atomic E-state index is 12.5. The first kappa shape index (κ1) is 11.0. The highest BCUT2D eigenvalue weighted by molar-refractivity contribution is 6.00. The number of fused-ring (bicyclic) bond motifs is 1. The van der Waals surface area contributed by atoms with Gasteiger partial charge >= 0.3 is 0 Å². The van der Waals surface area contributed by atoms with E-state index in [0.29, 0.717) is 12.4 Å². The van der Waals surface area contributed by atoms with Gasteiger partial charge in [0.25, 0.3) is 0 Å². The first-order chi connectivity index (χ1) is 8.81. The van der Waals surface area contributed by atoms with Crippen molar-refractivity contribution in [2.75, 3.05) is 11.9 Å². The molecule has 0 bridgehead atoms. The number of para-hydroxylation sites is 1. The van der Waals surface area contributed by atoms with Crippen LogP contribution in [0.3, 0.4) is 0 Å². The van der Waals surface area contributed by atoms with Crippen LogP contribution in [0.5, 0.6) is 0 Å². The average molecular weight is 241 g/mol. The molecule has 0 fully saturated rings. The van der Waals surface area contributed by atoms with Gasteiger partial charge in [-0.25, -0.2) is 4.98 Å². The highest BCUT2D eigenvalue weighted by Gasteiger charge is 2.30. The van der Waals surface area contributed by atoms with E-state index < -0.39 is 0 Å². The number of hydrogen-bond donors (Lipinski definition) is 1. The fourth-order valence-electron chi connectivity index (χ4n) is 2.46. The van der Waals surface area contributed by atoms with Crippen molar-refractivity contribution in [2.45, 2.75) is 19.4 Å². The second-order valence-corrected chi connectivity index (χ2v) is 4.42. The lowest BCUT2D eigenvalue weighted by Gasteiger charge is -2.09. The average Bonchev–Trinajstić information content (AvgIpc) is 3.04. The van der Waals surface area contributed by atoms with Crippen molar-refractivity contribution in [1.82, 2.24) is 9.55 Å². The van der Waals surface area contributed by atoms with E-state index in [1.54, 1.807) is 6.20 Å². The molecule has 2 heterocycles. The van der Waals surface area contributed by atoms with E-state index in [1.165, 1.54) is 0 Å². The Bertz CT molecular complexity index is 588. The van der Waals surface area contributed by atoms with Crippen LogP contribution in [0.25, 0.3) is 0 Å². The van der Waals surface area contributed by atoms with Gasteiger partial charge in [-0.1, -0.05) is 18.2 Å². The number of anilines is 1. The van der Waals surface area contributed by atoms with Crippen LogP contribution in [-0.2, 0) is 6.54 Å². The summed E-state index contributed by atoms with van der Waals surface area (Å²) >= 11 is 0. The quantitative estimate of drug-likeness (QED) is 0.839. The molecule has 2 aromatic rings. The van der Waals surface area contributed by atoms with Crippen LogP contribution in [0.1, 0.15) is 29.0 Å². The third-order valence-corrected chi connectivity index (χ3v) is 3.43. The van der Waals surface area contributed by atoms with E-state index in [1.807, 2.05) is 42.0 Å². The van der Waals surface area contributed by atoms with Crippen LogP contribution >= 0.6 is 0 Å². The SMILES string of the molecule is CCn1ccnc1C(=O)C1CNc2ccccc21. The smallest absolute Gasteiger partial charge is 0.207 e. The number of benzene rings is 1. The van der Waals surface area contributed by atoms with Gasteiger partial charge in [0.1, 0.15) is 0 Å². The highest BCUT2D eigenvalue weighted by Crippen LogP contribution is 2.32. The lowest BCUT2D eigenvalue weighted by atomic mass is 9.96. The molecule has 1 aliphatic rings. The molecule has 0 spiro atoms. The van der Waals surface area contributed by atoms with Crippen LogP contribution in [0.15, 0.2) is 36.7 Å². The Labute approximate surface area is 106 Å². The molecule has 0 aliphatic carbocycles. The van der Waals surface area contributed by atoms with E-state index in [-0.39, 0.29) is 11.7 Å². The van der Waals surface area contributed by atoms with Crippen LogP contribution < -0.4 is 5.32 Å². The zero-order chi connectivity index (χ0) is 12.5. The van der Waals surface area contributed by atoms with Gasteiger partial charge < -0.3 is 9.88 Å². The van der Waals surface area contributed by atoms with Gasteiger partial charge in [-0.05, 0) is 18.6 Å². The number of carbonyl (C=O) groups excluding carboxylic acids is 1. The van der Waals surface area contributed by atoms with Gasteiger partial charge in [-0.15, -0.1) is 0 Å². The van der Waals surface area contributed by atoms with Crippen molar-refractivity contribution in [2.24, 2.45) is 0 Å². The zero-order valence-electron chi connectivity index (χ0n) is 10.3. The fourth-order valence-corrected chi connectivity index (χ4v) is 2.46. The van der Waals surface area contributed by atoms with Crippen LogP contribution in [0.2, 0.25) is 0 Å². The lowest BCUT2D eigenvalue weighted by molar-refractivity contribution is 0.0952. The fraction of sp³-hybridized carbons (Fsp3) is 0.286. The number of aromatic nitrogens is 2. The molecule has 0 saturated carbocycles. The number of imidazole rings is 1. The number of rotatable bonds is 3. The minimum atomic E-state index is -0.117. The van der Waals surface area contributed by atoms with Crippen LogP contribution in [0.4, 0.5) is 5.69 Å². The summed E-state index contributed by atoms with van der Waals surface area (Å²) in [5.74, 6) is 0.536. The van der Waals surface area contributed by atoms with E-state index in [0.717, 1.165) is 17.8 Å². The third kappa shape index (κ3) is 1.61. The number of aryl methyl sites for hydroxylation is 1. The minimum Gasteiger partial charge on any atom is -0.384 e. The summed E-state index contributed by atoms with van der Waals surface area (Å²) in [6.07, 6.45) is 3.53. The first-order valence-electron chi connectivity index (χ1n) is 6.19. The maximum absolute atomic E-state index is 12.5. The monoisotopic (exact) mass is 241 g/mol. The number of nitrogens with one attached hydrogen (secondary N) is 1. The molecule has 4 nitrogen and oxygen atoms in total. The Morgan fingerprint density at radius 3 is 3.17 bits per heavy atom. The third-order valence-electron chi connectivity index (χ3n) is 3.43.